The van der Waals surface area contributed by atoms with Crippen LogP contribution in [-0.2, 0) is 4.79 Å². The Balaban J connectivity index is 1.94. The summed E-state index contributed by atoms with van der Waals surface area (Å²) in [7, 11) is 0. The summed E-state index contributed by atoms with van der Waals surface area (Å²) in [6, 6.07) is 8.88. The zero-order valence-corrected chi connectivity index (χ0v) is 11.5. The Morgan fingerprint density at radius 1 is 1.25 bits per heavy atom. The molecule has 5 heteroatoms. The maximum atomic E-state index is 12.0. The molecule has 0 aromatic heterocycles. The van der Waals surface area contributed by atoms with Crippen LogP contribution in [0.15, 0.2) is 30.3 Å². The average Bonchev–Trinajstić information content (AvgIpc) is 2.48. The lowest BCUT2D eigenvalue weighted by Crippen LogP contribution is -2.47. The van der Waals surface area contributed by atoms with Crippen LogP contribution in [0.1, 0.15) is 26.2 Å². The van der Waals surface area contributed by atoms with E-state index in [1.807, 2.05) is 13.0 Å². The van der Waals surface area contributed by atoms with Gasteiger partial charge in [-0.1, -0.05) is 25.1 Å². The van der Waals surface area contributed by atoms with Crippen molar-refractivity contribution in [2.45, 2.75) is 26.2 Å². The van der Waals surface area contributed by atoms with Crippen molar-refractivity contribution in [2.24, 2.45) is 5.41 Å². The summed E-state index contributed by atoms with van der Waals surface area (Å²) in [5.41, 5.74) is -0.691. The minimum absolute atomic E-state index is 0.411. The number of carbonyl (C=O) groups excluding carboxylic acids is 1. The van der Waals surface area contributed by atoms with E-state index in [0.717, 1.165) is 0 Å². The first-order valence-corrected chi connectivity index (χ1v) is 6.82. The van der Waals surface area contributed by atoms with Crippen molar-refractivity contribution in [1.29, 1.82) is 0 Å². The predicted octanol–water partition coefficient (Wildman–Crippen LogP) is 2.76. The zero-order valence-electron chi connectivity index (χ0n) is 11.5. The molecule has 1 amide bonds. The van der Waals surface area contributed by atoms with E-state index in [1.54, 1.807) is 29.2 Å². The summed E-state index contributed by atoms with van der Waals surface area (Å²) >= 11 is 0. The van der Waals surface area contributed by atoms with Gasteiger partial charge in [-0.05, 0) is 31.4 Å². The molecule has 2 rings (SSSR count). The summed E-state index contributed by atoms with van der Waals surface area (Å²) in [6.45, 7) is 2.73. The second kappa shape index (κ2) is 5.94. The number of aliphatic carboxylic acids is 1. The third kappa shape index (κ3) is 2.92. The van der Waals surface area contributed by atoms with Crippen LogP contribution >= 0.6 is 0 Å². The van der Waals surface area contributed by atoms with Gasteiger partial charge in [-0.15, -0.1) is 0 Å². The second-order valence-corrected chi connectivity index (χ2v) is 5.11. The number of ether oxygens (including phenoxy) is 1. The summed E-state index contributed by atoms with van der Waals surface area (Å²) < 4.78 is 5.26. The molecule has 0 saturated carbocycles. The number of hydrogen-bond acceptors (Lipinski definition) is 3. The van der Waals surface area contributed by atoms with Crippen LogP contribution in [-0.4, -0.2) is 35.2 Å². The Hall–Kier alpha value is -2.04. The molecule has 0 aliphatic carbocycles. The second-order valence-electron chi connectivity index (χ2n) is 5.11. The van der Waals surface area contributed by atoms with Gasteiger partial charge in [0.15, 0.2) is 0 Å². The molecule has 108 valence electrons. The largest absolute Gasteiger partial charge is 0.481 e. The van der Waals surface area contributed by atoms with Gasteiger partial charge in [0.2, 0.25) is 0 Å². The van der Waals surface area contributed by atoms with Crippen molar-refractivity contribution in [3.8, 4) is 5.75 Å². The van der Waals surface area contributed by atoms with Crippen LogP contribution in [0.4, 0.5) is 4.79 Å². The molecule has 1 aliphatic heterocycles. The first-order chi connectivity index (χ1) is 9.57. The van der Waals surface area contributed by atoms with Gasteiger partial charge >= 0.3 is 12.1 Å². The minimum Gasteiger partial charge on any atom is -0.481 e. The average molecular weight is 277 g/mol. The number of nitrogens with zero attached hydrogens (tertiary/aromatic N) is 1. The fourth-order valence-corrected chi connectivity index (χ4v) is 2.49. The number of carboxylic acids is 1. The Bertz CT molecular complexity index is 478. The number of likely N-dealkylation sites (tertiary alicyclic amines) is 1. The molecule has 1 N–H and O–H groups in total. The van der Waals surface area contributed by atoms with Crippen molar-refractivity contribution in [3.63, 3.8) is 0 Å². The van der Waals surface area contributed by atoms with E-state index >= 15 is 0 Å². The third-order valence-electron chi connectivity index (χ3n) is 4.06. The zero-order chi connectivity index (χ0) is 14.6. The molecule has 0 spiro atoms. The normalized spacial score (nSPS) is 17.6. The molecule has 20 heavy (non-hydrogen) atoms. The van der Waals surface area contributed by atoms with Crippen LogP contribution in [0.25, 0.3) is 0 Å². The van der Waals surface area contributed by atoms with E-state index in [2.05, 4.69) is 0 Å². The number of piperidine rings is 1. The number of para-hydroxylation sites is 1. The molecule has 0 unspecified atom stereocenters. The summed E-state index contributed by atoms with van der Waals surface area (Å²) in [4.78, 5) is 24.9. The van der Waals surface area contributed by atoms with Crippen LogP contribution in [0.2, 0.25) is 0 Å². The van der Waals surface area contributed by atoms with Crippen LogP contribution < -0.4 is 4.74 Å². The Labute approximate surface area is 118 Å². The summed E-state index contributed by atoms with van der Waals surface area (Å²) in [6.07, 6.45) is 1.13. The highest BCUT2D eigenvalue weighted by atomic mass is 16.6. The van der Waals surface area contributed by atoms with Crippen molar-refractivity contribution in [3.05, 3.63) is 30.3 Å². The van der Waals surface area contributed by atoms with Crippen molar-refractivity contribution < 1.29 is 19.4 Å². The van der Waals surface area contributed by atoms with Crippen molar-refractivity contribution in [1.82, 2.24) is 4.90 Å². The minimum atomic E-state index is -0.768. The molecular weight excluding hydrogens is 258 g/mol. The first kappa shape index (κ1) is 14.4. The standard InChI is InChI=1S/C15H19NO4/c1-2-15(13(17)18)8-10-16(11-9-15)14(19)20-12-6-4-3-5-7-12/h3-7H,2,8-11H2,1H3,(H,17,18). The predicted molar refractivity (Wildman–Crippen MR) is 73.6 cm³/mol. The number of carbonyl (C=O) groups is 2. The molecule has 1 aliphatic rings. The van der Waals surface area contributed by atoms with E-state index in [4.69, 9.17) is 4.74 Å². The molecule has 1 aromatic carbocycles. The number of rotatable bonds is 3. The lowest BCUT2D eigenvalue weighted by molar-refractivity contribution is -0.152. The SMILES string of the molecule is CCC1(C(=O)O)CCN(C(=O)Oc2ccccc2)CC1. The molecule has 0 atom stereocenters. The van der Waals surface area contributed by atoms with Gasteiger partial charge in [0.05, 0.1) is 5.41 Å². The van der Waals surface area contributed by atoms with Gasteiger partial charge in [-0.25, -0.2) is 4.79 Å². The van der Waals surface area contributed by atoms with Crippen LogP contribution in [0, 0.1) is 5.41 Å². The molecule has 5 nitrogen and oxygen atoms in total. The van der Waals surface area contributed by atoms with E-state index in [0.29, 0.717) is 38.1 Å². The van der Waals surface area contributed by atoms with Gasteiger partial charge in [0, 0.05) is 13.1 Å². The van der Waals surface area contributed by atoms with E-state index in [-0.39, 0.29) is 0 Å². The molecule has 1 saturated heterocycles. The van der Waals surface area contributed by atoms with Gasteiger partial charge in [0.25, 0.3) is 0 Å². The van der Waals surface area contributed by atoms with Gasteiger partial charge in [0.1, 0.15) is 5.75 Å². The highest BCUT2D eigenvalue weighted by molar-refractivity contribution is 5.76. The lowest BCUT2D eigenvalue weighted by Gasteiger charge is -2.37. The van der Waals surface area contributed by atoms with E-state index < -0.39 is 17.5 Å². The summed E-state index contributed by atoms with van der Waals surface area (Å²) in [5.74, 6) is -0.265. The number of amides is 1. The topological polar surface area (TPSA) is 66.8 Å². The van der Waals surface area contributed by atoms with Gasteiger partial charge in [-0.3, -0.25) is 4.79 Å². The molecule has 0 radical (unpaired) electrons. The third-order valence-corrected chi connectivity index (χ3v) is 4.06. The Morgan fingerprint density at radius 3 is 2.35 bits per heavy atom. The van der Waals surface area contributed by atoms with Crippen LogP contribution in [0.5, 0.6) is 5.75 Å². The van der Waals surface area contributed by atoms with Crippen molar-refractivity contribution >= 4 is 12.1 Å². The number of carboxylic acid groups (broad SMARTS) is 1. The van der Waals surface area contributed by atoms with E-state index in [1.165, 1.54) is 0 Å². The molecule has 0 bridgehead atoms. The summed E-state index contributed by atoms with van der Waals surface area (Å²) in [5, 5.41) is 9.31. The Morgan fingerprint density at radius 2 is 1.85 bits per heavy atom. The van der Waals surface area contributed by atoms with Gasteiger partial charge in [-0.2, -0.15) is 0 Å². The molecule has 1 fully saturated rings. The highest BCUT2D eigenvalue weighted by Gasteiger charge is 2.41. The maximum Gasteiger partial charge on any atom is 0.415 e. The fraction of sp³-hybridized carbons (Fsp3) is 0.467. The smallest absolute Gasteiger partial charge is 0.415 e. The van der Waals surface area contributed by atoms with Crippen LogP contribution in [0.3, 0.4) is 0 Å². The monoisotopic (exact) mass is 277 g/mol. The number of benzene rings is 1. The Kier molecular flexibility index (Phi) is 4.27. The van der Waals surface area contributed by atoms with Crippen molar-refractivity contribution in [2.75, 3.05) is 13.1 Å². The maximum absolute atomic E-state index is 12.0. The molecule has 1 aromatic rings. The highest BCUT2D eigenvalue weighted by Crippen LogP contribution is 2.35. The fourth-order valence-electron chi connectivity index (χ4n) is 2.49. The van der Waals surface area contributed by atoms with Gasteiger partial charge < -0.3 is 14.7 Å². The molecule has 1 heterocycles. The quantitative estimate of drug-likeness (QED) is 0.922. The first-order valence-electron chi connectivity index (χ1n) is 6.82. The lowest BCUT2D eigenvalue weighted by atomic mass is 9.76. The van der Waals surface area contributed by atoms with E-state index in [9.17, 15) is 14.7 Å². The number of hydrogen-bond donors (Lipinski definition) is 1. The molecular formula is C15H19NO4.